The zero-order chi connectivity index (χ0) is 12.9. The maximum absolute atomic E-state index is 12.7. The van der Waals surface area contributed by atoms with Crippen LogP contribution < -0.4 is 0 Å². The van der Waals surface area contributed by atoms with E-state index in [1.807, 2.05) is 0 Å². The maximum atomic E-state index is 12.7. The Labute approximate surface area is 98.0 Å². The number of hydrogen-bond donors (Lipinski definition) is 0. The molecule has 0 aliphatic heterocycles. The van der Waals surface area contributed by atoms with Crippen molar-refractivity contribution in [2.45, 2.75) is 19.0 Å². The van der Waals surface area contributed by atoms with Gasteiger partial charge in [0.15, 0.2) is 0 Å². The van der Waals surface area contributed by atoms with Gasteiger partial charge in [-0.15, -0.1) is 6.58 Å². The molecule has 0 fully saturated rings. The van der Waals surface area contributed by atoms with Gasteiger partial charge in [-0.05, 0) is 12.0 Å². The predicted octanol–water partition coefficient (Wildman–Crippen LogP) is 3.55. The van der Waals surface area contributed by atoms with Gasteiger partial charge in [0.05, 0.1) is 0 Å². The van der Waals surface area contributed by atoms with Crippen molar-refractivity contribution in [3.63, 3.8) is 0 Å². The maximum Gasteiger partial charge on any atom is 0.398 e. The molecule has 17 heavy (non-hydrogen) atoms. The highest BCUT2D eigenvalue weighted by atomic mass is 19.4. The summed E-state index contributed by atoms with van der Waals surface area (Å²) in [4.78, 5) is 11.4. The van der Waals surface area contributed by atoms with Gasteiger partial charge in [-0.2, -0.15) is 13.2 Å². The van der Waals surface area contributed by atoms with Gasteiger partial charge < -0.3 is 0 Å². The van der Waals surface area contributed by atoms with E-state index in [1.165, 1.54) is 6.08 Å². The highest BCUT2D eigenvalue weighted by Gasteiger charge is 2.43. The number of carbonyl (C=O) groups is 1. The number of ketones is 1. The Hall–Kier alpha value is -1.58. The van der Waals surface area contributed by atoms with Gasteiger partial charge in [0.2, 0.25) is 0 Å². The molecule has 1 aromatic rings. The van der Waals surface area contributed by atoms with Crippen molar-refractivity contribution < 1.29 is 18.0 Å². The highest BCUT2D eigenvalue weighted by molar-refractivity contribution is 5.83. The molecule has 0 saturated heterocycles. The summed E-state index contributed by atoms with van der Waals surface area (Å²) in [6, 6.07) is 8.19. The van der Waals surface area contributed by atoms with Crippen LogP contribution in [0.25, 0.3) is 0 Å². The first-order valence-corrected chi connectivity index (χ1v) is 5.19. The van der Waals surface area contributed by atoms with Gasteiger partial charge in [-0.25, -0.2) is 0 Å². The number of Topliss-reactive ketones (excluding diaryl/α,β-unsaturated/α-hetero) is 1. The number of rotatable bonds is 5. The molecule has 1 atom stereocenters. The van der Waals surface area contributed by atoms with Crippen molar-refractivity contribution in [2.75, 3.05) is 0 Å². The largest absolute Gasteiger partial charge is 0.398 e. The molecule has 0 spiro atoms. The summed E-state index contributed by atoms with van der Waals surface area (Å²) >= 11 is 0. The van der Waals surface area contributed by atoms with Gasteiger partial charge in [0.1, 0.15) is 11.7 Å². The molecule has 1 nitrogen and oxygen atoms in total. The third-order valence-corrected chi connectivity index (χ3v) is 2.41. The Morgan fingerprint density at radius 3 is 2.35 bits per heavy atom. The first-order valence-electron chi connectivity index (χ1n) is 5.19. The van der Waals surface area contributed by atoms with Crippen molar-refractivity contribution >= 4 is 5.78 Å². The lowest BCUT2D eigenvalue weighted by molar-refractivity contribution is -0.180. The van der Waals surface area contributed by atoms with E-state index >= 15 is 0 Å². The summed E-state index contributed by atoms with van der Waals surface area (Å²) in [6.07, 6.45) is -3.87. The molecule has 4 heteroatoms. The highest BCUT2D eigenvalue weighted by Crippen LogP contribution is 2.30. The van der Waals surface area contributed by atoms with Crippen molar-refractivity contribution in [3.05, 3.63) is 48.6 Å². The number of carbonyl (C=O) groups excluding carboxylic acids is 1. The van der Waals surface area contributed by atoms with Crippen LogP contribution >= 0.6 is 0 Å². The van der Waals surface area contributed by atoms with Crippen molar-refractivity contribution in [2.24, 2.45) is 5.92 Å². The second-order valence-corrected chi connectivity index (χ2v) is 3.74. The second kappa shape index (κ2) is 5.66. The van der Waals surface area contributed by atoms with Crippen LogP contribution in [0.4, 0.5) is 13.2 Å². The summed E-state index contributed by atoms with van der Waals surface area (Å²) in [7, 11) is 0. The Morgan fingerprint density at radius 1 is 1.29 bits per heavy atom. The van der Waals surface area contributed by atoms with E-state index in [4.69, 9.17) is 0 Å². The van der Waals surface area contributed by atoms with Crippen LogP contribution in [0.15, 0.2) is 43.0 Å². The summed E-state index contributed by atoms with van der Waals surface area (Å²) in [5.74, 6) is -2.78. The first-order chi connectivity index (χ1) is 7.95. The third kappa shape index (κ3) is 4.06. The topological polar surface area (TPSA) is 17.1 Å². The molecule has 0 bridgehead atoms. The van der Waals surface area contributed by atoms with Crippen molar-refractivity contribution in [3.8, 4) is 0 Å². The zero-order valence-corrected chi connectivity index (χ0v) is 9.20. The molecule has 0 heterocycles. The minimum absolute atomic E-state index is 0.253. The normalized spacial score (nSPS) is 13.1. The summed E-state index contributed by atoms with van der Waals surface area (Å²) in [5, 5.41) is 0. The molecular formula is C13H13F3O. The van der Waals surface area contributed by atoms with Crippen LogP contribution in [0.3, 0.4) is 0 Å². The van der Waals surface area contributed by atoms with E-state index in [1.54, 1.807) is 30.3 Å². The zero-order valence-electron chi connectivity index (χ0n) is 9.20. The fraction of sp³-hybridized carbons (Fsp3) is 0.308. The van der Waals surface area contributed by atoms with E-state index in [9.17, 15) is 18.0 Å². The second-order valence-electron chi connectivity index (χ2n) is 3.74. The summed E-state index contributed by atoms with van der Waals surface area (Å²) in [5.41, 5.74) is 0.507. The molecule has 0 radical (unpaired) electrons. The average Bonchev–Trinajstić information content (AvgIpc) is 2.26. The third-order valence-electron chi connectivity index (χ3n) is 2.41. The van der Waals surface area contributed by atoms with E-state index < -0.39 is 17.9 Å². The van der Waals surface area contributed by atoms with Crippen LogP contribution in [0.2, 0.25) is 0 Å². The smallest absolute Gasteiger partial charge is 0.299 e. The Balaban J connectivity index is 2.85. The lowest BCUT2D eigenvalue weighted by Gasteiger charge is -2.18. The SMILES string of the molecule is C=CCC(=O)C(Cc1ccccc1)C(F)(F)F. The van der Waals surface area contributed by atoms with Gasteiger partial charge in [0, 0.05) is 6.42 Å². The number of alkyl halides is 3. The minimum Gasteiger partial charge on any atom is -0.299 e. The quantitative estimate of drug-likeness (QED) is 0.721. The van der Waals surface area contributed by atoms with E-state index in [2.05, 4.69) is 6.58 Å². The van der Waals surface area contributed by atoms with Gasteiger partial charge in [0.25, 0.3) is 0 Å². The molecular weight excluding hydrogens is 229 g/mol. The first kappa shape index (κ1) is 13.5. The monoisotopic (exact) mass is 242 g/mol. The van der Waals surface area contributed by atoms with Crippen molar-refractivity contribution in [1.82, 2.24) is 0 Å². The lowest BCUT2D eigenvalue weighted by atomic mass is 9.93. The van der Waals surface area contributed by atoms with Crippen LogP contribution in [-0.2, 0) is 11.2 Å². The predicted molar refractivity (Wildman–Crippen MR) is 59.5 cm³/mol. The fourth-order valence-electron chi connectivity index (χ4n) is 1.55. The molecule has 0 N–H and O–H groups in total. The van der Waals surface area contributed by atoms with Gasteiger partial charge in [-0.1, -0.05) is 36.4 Å². The molecule has 0 amide bonds. The molecule has 0 aliphatic rings. The number of benzene rings is 1. The average molecular weight is 242 g/mol. The molecule has 0 saturated carbocycles. The van der Waals surface area contributed by atoms with Crippen molar-refractivity contribution in [1.29, 1.82) is 0 Å². The summed E-state index contributed by atoms with van der Waals surface area (Å²) in [6.45, 7) is 3.28. The van der Waals surface area contributed by atoms with Gasteiger partial charge in [-0.3, -0.25) is 4.79 Å². The molecule has 1 unspecified atom stereocenters. The number of allylic oxidation sites excluding steroid dienone is 1. The van der Waals surface area contributed by atoms with Crippen LogP contribution in [-0.4, -0.2) is 12.0 Å². The fourth-order valence-corrected chi connectivity index (χ4v) is 1.55. The molecule has 1 rings (SSSR count). The van der Waals surface area contributed by atoms with E-state index in [-0.39, 0.29) is 12.8 Å². The Kier molecular flexibility index (Phi) is 4.49. The Morgan fingerprint density at radius 2 is 1.88 bits per heavy atom. The number of hydrogen-bond acceptors (Lipinski definition) is 1. The number of halogens is 3. The van der Waals surface area contributed by atoms with E-state index in [0.29, 0.717) is 5.56 Å². The van der Waals surface area contributed by atoms with Crippen LogP contribution in [0, 0.1) is 5.92 Å². The van der Waals surface area contributed by atoms with Gasteiger partial charge >= 0.3 is 6.18 Å². The standard InChI is InChI=1S/C13H13F3O/c1-2-6-12(17)11(13(14,15)16)9-10-7-4-3-5-8-10/h2-5,7-8,11H,1,6,9H2. The minimum atomic E-state index is -4.50. The van der Waals surface area contributed by atoms with Crippen LogP contribution in [0.5, 0.6) is 0 Å². The molecule has 1 aromatic carbocycles. The molecule has 0 aliphatic carbocycles. The Bertz CT molecular complexity index is 381. The van der Waals surface area contributed by atoms with E-state index in [0.717, 1.165) is 0 Å². The lowest BCUT2D eigenvalue weighted by Crippen LogP contribution is -2.32. The summed E-state index contributed by atoms with van der Waals surface area (Å²) < 4.78 is 38.2. The molecule has 92 valence electrons. The molecule has 0 aromatic heterocycles. The van der Waals surface area contributed by atoms with Crippen LogP contribution in [0.1, 0.15) is 12.0 Å².